The second-order valence-electron chi connectivity index (χ2n) is 5.94. The summed E-state index contributed by atoms with van der Waals surface area (Å²) in [5, 5.41) is 0. The molecule has 1 aliphatic heterocycles. The molecule has 23 heavy (non-hydrogen) atoms. The lowest BCUT2D eigenvalue weighted by molar-refractivity contribution is -0.131. The Kier molecular flexibility index (Phi) is 4.50. The Morgan fingerprint density at radius 1 is 1.35 bits per heavy atom. The fourth-order valence-electron chi connectivity index (χ4n) is 2.99. The molecular weight excluding hydrogens is 292 g/mol. The molecule has 1 aliphatic rings. The lowest BCUT2D eigenvalue weighted by Gasteiger charge is -2.32. The van der Waals surface area contributed by atoms with Crippen molar-refractivity contribution in [3.05, 3.63) is 48.3 Å². The van der Waals surface area contributed by atoms with E-state index in [0.29, 0.717) is 25.3 Å². The largest absolute Gasteiger partial charge is 0.342 e. The van der Waals surface area contributed by atoms with Crippen LogP contribution >= 0.6 is 0 Å². The number of amides is 1. The highest BCUT2D eigenvalue weighted by Crippen LogP contribution is 2.21. The molecule has 0 saturated carbocycles. The van der Waals surface area contributed by atoms with Crippen LogP contribution < -0.4 is 0 Å². The van der Waals surface area contributed by atoms with Crippen LogP contribution in [-0.2, 0) is 18.3 Å². The molecule has 6 heteroatoms. The number of carbonyl (C=O) groups excluding carboxylic acids is 2. The number of aromatic nitrogens is 3. The molecular formula is C17H20N4O2. The monoisotopic (exact) mass is 312 g/mol. The molecule has 0 aromatic carbocycles. The third kappa shape index (κ3) is 3.47. The van der Waals surface area contributed by atoms with E-state index in [1.807, 2.05) is 19.2 Å². The number of likely N-dealkylation sites (tertiary alicyclic amines) is 1. The molecule has 3 heterocycles. The molecule has 0 spiro atoms. The molecule has 1 saturated heterocycles. The smallest absolute Gasteiger partial charge is 0.227 e. The number of hydrogen-bond donors (Lipinski definition) is 0. The van der Waals surface area contributed by atoms with Crippen LogP contribution in [0.2, 0.25) is 0 Å². The van der Waals surface area contributed by atoms with Gasteiger partial charge in [-0.1, -0.05) is 6.07 Å². The molecule has 1 amide bonds. The van der Waals surface area contributed by atoms with E-state index < -0.39 is 0 Å². The van der Waals surface area contributed by atoms with Crippen LogP contribution in [-0.4, -0.2) is 44.2 Å². The molecule has 6 nitrogen and oxygen atoms in total. The van der Waals surface area contributed by atoms with E-state index >= 15 is 0 Å². The van der Waals surface area contributed by atoms with E-state index in [0.717, 1.165) is 18.4 Å². The summed E-state index contributed by atoms with van der Waals surface area (Å²) in [7, 11) is 1.81. The highest BCUT2D eigenvalue weighted by molar-refractivity contribution is 5.95. The number of pyridine rings is 1. The fourth-order valence-corrected chi connectivity index (χ4v) is 2.99. The van der Waals surface area contributed by atoms with Gasteiger partial charge in [-0.15, -0.1) is 0 Å². The number of imidazole rings is 1. The van der Waals surface area contributed by atoms with Gasteiger partial charge in [0, 0.05) is 50.8 Å². The van der Waals surface area contributed by atoms with Crippen molar-refractivity contribution in [2.45, 2.75) is 19.3 Å². The summed E-state index contributed by atoms with van der Waals surface area (Å²) in [4.78, 5) is 35.0. The second-order valence-corrected chi connectivity index (χ2v) is 5.94. The van der Waals surface area contributed by atoms with Gasteiger partial charge in [-0.25, -0.2) is 4.98 Å². The van der Waals surface area contributed by atoms with Crippen molar-refractivity contribution in [3.63, 3.8) is 0 Å². The number of nitrogens with zero attached hydrogens (tertiary/aromatic N) is 4. The highest BCUT2D eigenvalue weighted by atomic mass is 16.2. The Hall–Kier alpha value is -2.50. The zero-order valence-electron chi connectivity index (χ0n) is 13.2. The van der Waals surface area contributed by atoms with E-state index in [-0.39, 0.29) is 17.6 Å². The lowest BCUT2D eigenvalue weighted by atomic mass is 9.93. The van der Waals surface area contributed by atoms with Crippen molar-refractivity contribution in [2.75, 3.05) is 13.1 Å². The Morgan fingerprint density at radius 3 is 2.91 bits per heavy atom. The van der Waals surface area contributed by atoms with E-state index in [9.17, 15) is 9.59 Å². The zero-order chi connectivity index (χ0) is 16.2. The van der Waals surface area contributed by atoms with Crippen LogP contribution in [0.4, 0.5) is 0 Å². The first-order valence-corrected chi connectivity index (χ1v) is 7.83. The van der Waals surface area contributed by atoms with E-state index in [2.05, 4.69) is 9.97 Å². The van der Waals surface area contributed by atoms with Crippen LogP contribution in [0, 0.1) is 5.92 Å². The van der Waals surface area contributed by atoms with Crippen LogP contribution in [0.1, 0.15) is 29.0 Å². The second kappa shape index (κ2) is 6.73. The van der Waals surface area contributed by atoms with Gasteiger partial charge in [0.1, 0.15) is 0 Å². The third-order valence-electron chi connectivity index (χ3n) is 4.26. The summed E-state index contributed by atoms with van der Waals surface area (Å²) in [6.07, 6.45) is 8.77. The predicted octanol–water partition coefficient (Wildman–Crippen LogP) is 1.48. The van der Waals surface area contributed by atoms with Crippen molar-refractivity contribution in [1.82, 2.24) is 19.4 Å². The summed E-state index contributed by atoms with van der Waals surface area (Å²) in [5.74, 6) is 0.381. The van der Waals surface area contributed by atoms with Crippen LogP contribution in [0.25, 0.3) is 0 Å². The Labute approximate surface area is 135 Å². The molecule has 1 fully saturated rings. The maximum atomic E-state index is 12.6. The normalized spacial score (nSPS) is 18.0. The van der Waals surface area contributed by atoms with Crippen LogP contribution in [0.5, 0.6) is 0 Å². The molecule has 2 aromatic rings. The maximum absolute atomic E-state index is 12.6. The number of hydrogen-bond acceptors (Lipinski definition) is 4. The van der Waals surface area contributed by atoms with Crippen molar-refractivity contribution in [2.24, 2.45) is 13.0 Å². The number of ketones is 1. The summed E-state index contributed by atoms with van der Waals surface area (Å²) < 4.78 is 1.73. The van der Waals surface area contributed by atoms with E-state index in [1.165, 1.54) is 0 Å². The minimum Gasteiger partial charge on any atom is -0.342 e. The molecule has 0 N–H and O–H groups in total. The molecule has 0 aliphatic carbocycles. The van der Waals surface area contributed by atoms with Gasteiger partial charge in [0.05, 0.1) is 6.42 Å². The molecule has 2 aromatic heterocycles. The minimum atomic E-state index is -0.164. The Morgan fingerprint density at radius 2 is 2.22 bits per heavy atom. The zero-order valence-corrected chi connectivity index (χ0v) is 13.2. The van der Waals surface area contributed by atoms with Gasteiger partial charge >= 0.3 is 0 Å². The Bertz CT molecular complexity index is 696. The van der Waals surface area contributed by atoms with Gasteiger partial charge in [-0.2, -0.15) is 0 Å². The fraction of sp³-hybridized carbons (Fsp3) is 0.412. The summed E-state index contributed by atoms with van der Waals surface area (Å²) in [5.41, 5.74) is 0.898. The first kappa shape index (κ1) is 15.4. The van der Waals surface area contributed by atoms with Gasteiger partial charge in [-0.3, -0.25) is 14.6 Å². The van der Waals surface area contributed by atoms with Gasteiger partial charge in [0.25, 0.3) is 0 Å². The number of piperidine rings is 1. The average molecular weight is 312 g/mol. The maximum Gasteiger partial charge on any atom is 0.227 e. The van der Waals surface area contributed by atoms with E-state index in [1.54, 1.807) is 34.3 Å². The van der Waals surface area contributed by atoms with Crippen molar-refractivity contribution in [3.8, 4) is 0 Å². The third-order valence-corrected chi connectivity index (χ3v) is 4.26. The van der Waals surface area contributed by atoms with Gasteiger partial charge < -0.3 is 9.47 Å². The molecule has 120 valence electrons. The van der Waals surface area contributed by atoms with Gasteiger partial charge in [-0.05, 0) is 24.5 Å². The Balaban J connectivity index is 1.65. The molecule has 1 unspecified atom stereocenters. The van der Waals surface area contributed by atoms with Gasteiger partial charge in [0.2, 0.25) is 11.7 Å². The number of rotatable bonds is 4. The van der Waals surface area contributed by atoms with Crippen molar-refractivity contribution in [1.29, 1.82) is 0 Å². The molecule has 3 rings (SSSR count). The van der Waals surface area contributed by atoms with Crippen LogP contribution in [0.15, 0.2) is 36.9 Å². The number of carbonyl (C=O) groups is 2. The summed E-state index contributed by atoms with van der Waals surface area (Å²) >= 11 is 0. The topological polar surface area (TPSA) is 68.1 Å². The molecule has 0 bridgehead atoms. The first-order chi connectivity index (χ1) is 11.1. The standard InChI is InChI=1S/C17H20N4O2/c1-20-9-7-19-17(20)16(23)14-5-3-8-21(12-14)15(22)10-13-4-2-6-18-11-13/h2,4,6-7,9,11,14H,3,5,8,10,12H2,1H3. The van der Waals surface area contributed by atoms with Crippen molar-refractivity contribution >= 4 is 11.7 Å². The number of aryl methyl sites for hydroxylation is 1. The lowest BCUT2D eigenvalue weighted by Crippen LogP contribution is -2.43. The van der Waals surface area contributed by atoms with Crippen LogP contribution in [0.3, 0.4) is 0 Å². The quantitative estimate of drug-likeness (QED) is 0.802. The SMILES string of the molecule is Cn1ccnc1C(=O)C1CCCN(C(=O)Cc2cccnc2)C1. The highest BCUT2D eigenvalue weighted by Gasteiger charge is 2.30. The minimum absolute atomic E-state index is 0.0244. The van der Waals surface area contributed by atoms with E-state index in [4.69, 9.17) is 0 Å². The predicted molar refractivity (Wildman–Crippen MR) is 84.8 cm³/mol. The molecule has 0 radical (unpaired) electrons. The first-order valence-electron chi connectivity index (χ1n) is 7.83. The van der Waals surface area contributed by atoms with Crippen molar-refractivity contribution < 1.29 is 9.59 Å². The summed E-state index contributed by atoms with van der Waals surface area (Å²) in [6.45, 7) is 1.19. The molecule has 1 atom stereocenters. The summed E-state index contributed by atoms with van der Waals surface area (Å²) in [6, 6.07) is 3.72. The average Bonchev–Trinajstić information content (AvgIpc) is 3.01. The van der Waals surface area contributed by atoms with Gasteiger partial charge in [0.15, 0.2) is 5.82 Å². The number of Topliss-reactive ketones (excluding diaryl/α,β-unsaturated/α-hetero) is 1.